The third-order valence-corrected chi connectivity index (χ3v) is 4.66. The predicted octanol–water partition coefficient (Wildman–Crippen LogP) is 3.64. The van der Waals surface area contributed by atoms with Crippen molar-refractivity contribution >= 4 is 17.7 Å². The molecule has 1 aromatic rings. The largest absolute Gasteiger partial charge is 0.465 e. The number of aromatic nitrogens is 1. The van der Waals surface area contributed by atoms with Gasteiger partial charge in [-0.25, -0.2) is 14.2 Å². The van der Waals surface area contributed by atoms with Crippen molar-refractivity contribution in [2.75, 3.05) is 17.7 Å². The summed E-state index contributed by atoms with van der Waals surface area (Å²) in [6.07, 6.45) is 1.95. The van der Waals surface area contributed by atoms with Crippen LogP contribution in [0.3, 0.4) is 0 Å². The molecule has 1 heterocycles. The van der Waals surface area contributed by atoms with E-state index in [1.54, 1.807) is 7.05 Å². The second-order valence-electron chi connectivity index (χ2n) is 7.55. The standard InChI is InChI=1S/C18H26FN5O2/c1-18(2,3)24(17(25)26)13-7-5-12(6-8-13)22-16-14(19)9-11(10-20)15(21-4)23-16/h9,12-13H,5-8H2,1-4H3,(H,25,26)(H2,21,22,23)/t12-,13-. The molecule has 8 heteroatoms. The van der Waals surface area contributed by atoms with Gasteiger partial charge in [-0.15, -0.1) is 0 Å². The highest BCUT2D eigenvalue weighted by atomic mass is 19.1. The highest BCUT2D eigenvalue weighted by Crippen LogP contribution is 2.30. The maximum Gasteiger partial charge on any atom is 0.407 e. The molecular formula is C18H26FN5O2. The number of pyridine rings is 1. The van der Waals surface area contributed by atoms with Gasteiger partial charge in [-0.05, 0) is 52.5 Å². The molecule has 1 saturated carbocycles. The summed E-state index contributed by atoms with van der Waals surface area (Å²) in [7, 11) is 1.63. The van der Waals surface area contributed by atoms with Crippen LogP contribution in [0.5, 0.6) is 0 Å². The molecule has 0 bridgehead atoms. The molecular weight excluding hydrogens is 337 g/mol. The van der Waals surface area contributed by atoms with Gasteiger partial charge in [-0.2, -0.15) is 5.26 Å². The Bertz CT molecular complexity index is 703. The number of anilines is 2. The summed E-state index contributed by atoms with van der Waals surface area (Å²) in [5.74, 6) is -0.123. The number of rotatable bonds is 4. The van der Waals surface area contributed by atoms with Gasteiger partial charge in [0.05, 0.1) is 5.56 Å². The Labute approximate surface area is 153 Å². The average Bonchev–Trinajstić information content (AvgIpc) is 2.56. The molecule has 7 nitrogen and oxygen atoms in total. The Morgan fingerprint density at radius 3 is 2.42 bits per heavy atom. The SMILES string of the molecule is CNc1nc(N[C@H]2CC[C@H](N(C(=O)O)C(C)(C)C)CC2)c(F)cc1C#N. The molecule has 1 amide bonds. The third kappa shape index (κ3) is 4.34. The molecule has 1 aliphatic rings. The number of nitriles is 1. The normalized spacial score (nSPS) is 20.2. The summed E-state index contributed by atoms with van der Waals surface area (Å²) in [4.78, 5) is 17.3. The van der Waals surface area contributed by atoms with Crippen LogP contribution in [0.1, 0.15) is 52.0 Å². The van der Waals surface area contributed by atoms with E-state index in [2.05, 4.69) is 15.6 Å². The molecule has 0 aromatic carbocycles. The smallest absolute Gasteiger partial charge is 0.407 e. The first-order valence-corrected chi connectivity index (χ1v) is 8.74. The number of halogens is 1. The highest BCUT2D eigenvalue weighted by Gasteiger charge is 2.35. The molecule has 26 heavy (non-hydrogen) atoms. The van der Waals surface area contributed by atoms with Crippen molar-refractivity contribution in [1.29, 1.82) is 5.26 Å². The van der Waals surface area contributed by atoms with Gasteiger partial charge in [0.1, 0.15) is 11.9 Å². The van der Waals surface area contributed by atoms with Crippen molar-refractivity contribution in [2.24, 2.45) is 0 Å². The quantitative estimate of drug-likeness (QED) is 0.755. The van der Waals surface area contributed by atoms with Gasteiger partial charge in [0.25, 0.3) is 0 Å². The fraction of sp³-hybridized carbons (Fsp3) is 0.611. The van der Waals surface area contributed by atoms with Crippen LogP contribution in [0.15, 0.2) is 6.07 Å². The molecule has 0 aliphatic heterocycles. The van der Waals surface area contributed by atoms with E-state index in [4.69, 9.17) is 5.26 Å². The Morgan fingerprint density at radius 2 is 1.96 bits per heavy atom. The fourth-order valence-electron chi connectivity index (χ4n) is 3.53. The van der Waals surface area contributed by atoms with E-state index in [1.807, 2.05) is 26.8 Å². The lowest BCUT2D eigenvalue weighted by Gasteiger charge is -2.42. The van der Waals surface area contributed by atoms with Gasteiger partial charge >= 0.3 is 6.09 Å². The molecule has 1 aliphatic carbocycles. The zero-order chi connectivity index (χ0) is 19.5. The van der Waals surface area contributed by atoms with Crippen LogP contribution in [0.4, 0.5) is 20.8 Å². The summed E-state index contributed by atoms with van der Waals surface area (Å²) < 4.78 is 14.2. The highest BCUT2D eigenvalue weighted by molar-refractivity contribution is 5.66. The van der Waals surface area contributed by atoms with Gasteiger partial charge in [0, 0.05) is 24.7 Å². The second-order valence-corrected chi connectivity index (χ2v) is 7.55. The summed E-state index contributed by atoms with van der Waals surface area (Å²) >= 11 is 0. The molecule has 0 radical (unpaired) electrons. The maximum atomic E-state index is 14.2. The van der Waals surface area contributed by atoms with Gasteiger partial charge in [0.15, 0.2) is 11.6 Å². The molecule has 0 spiro atoms. The van der Waals surface area contributed by atoms with Crippen LogP contribution in [0, 0.1) is 17.1 Å². The number of amides is 1. The van der Waals surface area contributed by atoms with Crippen molar-refractivity contribution in [1.82, 2.24) is 9.88 Å². The summed E-state index contributed by atoms with van der Waals surface area (Å²) in [5, 5.41) is 24.4. The third-order valence-electron chi connectivity index (χ3n) is 4.66. The maximum absolute atomic E-state index is 14.2. The zero-order valence-electron chi connectivity index (χ0n) is 15.6. The fourth-order valence-corrected chi connectivity index (χ4v) is 3.53. The van der Waals surface area contributed by atoms with Gasteiger partial charge in [-0.1, -0.05) is 0 Å². The van der Waals surface area contributed by atoms with Crippen LogP contribution >= 0.6 is 0 Å². The minimum absolute atomic E-state index is 0.0153. The number of carbonyl (C=O) groups is 1. The van der Waals surface area contributed by atoms with E-state index in [9.17, 15) is 14.3 Å². The van der Waals surface area contributed by atoms with Crippen molar-refractivity contribution < 1.29 is 14.3 Å². The van der Waals surface area contributed by atoms with Crippen LogP contribution in [-0.2, 0) is 0 Å². The average molecular weight is 363 g/mol. The van der Waals surface area contributed by atoms with Crippen molar-refractivity contribution in [3.63, 3.8) is 0 Å². The first-order chi connectivity index (χ1) is 12.2. The number of nitrogens with one attached hydrogen (secondary N) is 2. The van der Waals surface area contributed by atoms with E-state index >= 15 is 0 Å². The molecule has 1 aromatic heterocycles. The van der Waals surface area contributed by atoms with E-state index in [0.717, 1.165) is 12.8 Å². The van der Waals surface area contributed by atoms with Gasteiger partial charge in [0.2, 0.25) is 0 Å². The van der Waals surface area contributed by atoms with E-state index in [1.165, 1.54) is 11.0 Å². The minimum atomic E-state index is -0.910. The number of nitrogens with zero attached hydrogens (tertiary/aromatic N) is 3. The first-order valence-electron chi connectivity index (χ1n) is 8.74. The summed E-state index contributed by atoms with van der Waals surface area (Å²) in [5.41, 5.74) is -0.305. The first kappa shape index (κ1) is 19.8. The van der Waals surface area contributed by atoms with Crippen LogP contribution < -0.4 is 10.6 Å². The molecule has 2 rings (SSSR count). The van der Waals surface area contributed by atoms with E-state index < -0.39 is 17.4 Å². The lowest BCUT2D eigenvalue weighted by molar-refractivity contribution is 0.0556. The minimum Gasteiger partial charge on any atom is -0.465 e. The Hall–Kier alpha value is -2.56. The lowest BCUT2D eigenvalue weighted by atomic mass is 9.88. The molecule has 0 unspecified atom stereocenters. The van der Waals surface area contributed by atoms with Crippen LogP contribution in [-0.4, -0.2) is 45.8 Å². The molecule has 3 N–H and O–H groups in total. The monoisotopic (exact) mass is 363 g/mol. The number of hydrogen-bond acceptors (Lipinski definition) is 5. The van der Waals surface area contributed by atoms with Crippen molar-refractivity contribution in [3.8, 4) is 6.07 Å². The van der Waals surface area contributed by atoms with Gasteiger partial charge < -0.3 is 20.6 Å². The van der Waals surface area contributed by atoms with E-state index in [-0.39, 0.29) is 23.5 Å². The lowest BCUT2D eigenvalue weighted by Crippen LogP contribution is -2.52. The van der Waals surface area contributed by atoms with Crippen LogP contribution in [0.25, 0.3) is 0 Å². The zero-order valence-corrected chi connectivity index (χ0v) is 15.6. The van der Waals surface area contributed by atoms with Gasteiger partial charge in [-0.3, -0.25) is 0 Å². The topological polar surface area (TPSA) is 101 Å². The van der Waals surface area contributed by atoms with E-state index in [0.29, 0.717) is 18.7 Å². The predicted molar refractivity (Wildman–Crippen MR) is 97.7 cm³/mol. The Balaban J connectivity index is 2.05. The van der Waals surface area contributed by atoms with Crippen LogP contribution in [0.2, 0.25) is 0 Å². The van der Waals surface area contributed by atoms with Crippen molar-refractivity contribution in [2.45, 2.75) is 64.1 Å². The molecule has 0 atom stereocenters. The Morgan fingerprint density at radius 1 is 1.35 bits per heavy atom. The summed E-state index contributed by atoms with van der Waals surface area (Å²) in [6.45, 7) is 5.67. The number of carboxylic acid groups (broad SMARTS) is 1. The molecule has 142 valence electrons. The molecule has 1 fully saturated rings. The Kier molecular flexibility index (Phi) is 5.90. The summed E-state index contributed by atoms with van der Waals surface area (Å²) in [6, 6.07) is 3.04. The van der Waals surface area contributed by atoms with Crippen molar-refractivity contribution in [3.05, 3.63) is 17.4 Å². The number of hydrogen-bond donors (Lipinski definition) is 3. The second kappa shape index (κ2) is 7.77. The molecule has 0 saturated heterocycles.